The molecule has 0 saturated heterocycles. The van der Waals surface area contributed by atoms with Gasteiger partial charge in [-0.2, -0.15) is 0 Å². The normalized spacial score (nSPS) is 13.1. The summed E-state index contributed by atoms with van der Waals surface area (Å²) in [6.45, 7) is 5.45. The Labute approximate surface area is 84.4 Å². The molecule has 74 valence electrons. The largest absolute Gasteiger partial charge is 0.314 e. The molecule has 1 heterocycles. The van der Waals surface area contributed by atoms with Gasteiger partial charge in [0.15, 0.2) is 0 Å². The number of hydrogen-bond acceptors (Lipinski definition) is 3. The van der Waals surface area contributed by atoms with Crippen LogP contribution in [0.2, 0.25) is 0 Å². The minimum absolute atomic E-state index is 0.635. The summed E-state index contributed by atoms with van der Waals surface area (Å²) in [5.74, 6) is 0. The lowest BCUT2D eigenvalue weighted by Crippen LogP contribution is -2.30. The van der Waals surface area contributed by atoms with Gasteiger partial charge in [0.05, 0.1) is 5.51 Å². The van der Waals surface area contributed by atoms with Gasteiger partial charge in [-0.3, -0.25) is 4.98 Å². The molecule has 0 fully saturated rings. The third-order valence-corrected chi connectivity index (χ3v) is 2.86. The molecule has 1 N–H and O–H groups in total. The second kappa shape index (κ2) is 6.11. The predicted octanol–water partition coefficient (Wildman–Crippen LogP) is 2.46. The number of rotatable bonds is 6. The molecule has 0 saturated carbocycles. The summed E-state index contributed by atoms with van der Waals surface area (Å²) in [5, 5.41) is 3.50. The van der Waals surface area contributed by atoms with Crippen molar-refractivity contribution >= 4 is 11.3 Å². The minimum Gasteiger partial charge on any atom is -0.314 e. The Bertz CT molecular complexity index is 203. The van der Waals surface area contributed by atoms with Crippen LogP contribution in [0.4, 0.5) is 0 Å². The molecule has 0 aliphatic heterocycles. The first-order valence-electron chi connectivity index (χ1n) is 4.97. The summed E-state index contributed by atoms with van der Waals surface area (Å²) in [4.78, 5) is 5.47. The summed E-state index contributed by atoms with van der Waals surface area (Å²) in [7, 11) is 0. The van der Waals surface area contributed by atoms with E-state index in [9.17, 15) is 0 Å². The van der Waals surface area contributed by atoms with E-state index in [-0.39, 0.29) is 0 Å². The number of nitrogens with one attached hydrogen (secondary N) is 1. The Morgan fingerprint density at radius 3 is 2.92 bits per heavy atom. The molecule has 1 atom stereocenters. The van der Waals surface area contributed by atoms with Crippen molar-refractivity contribution in [1.82, 2.24) is 10.3 Å². The molecule has 0 aromatic carbocycles. The fourth-order valence-corrected chi connectivity index (χ4v) is 2.18. The van der Waals surface area contributed by atoms with E-state index in [0.717, 1.165) is 13.0 Å². The third-order valence-electron chi connectivity index (χ3n) is 2.06. The zero-order valence-corrected chi connectivity index (χ0v) is 9.23. The number of likely N-dealkylation sites (N-methyl/N-ethyl adjacent to an activating group) is 1. The molecule has 0 aliphatic rings. The lowest BCUT2D eigenvalue weighted by molar-refractivity contribution is 0.488. The average molecular weight is 198 g/mol. The Morgan fingerprint density at radius 2 is 2.38 bits per heavy atom. The van der Waals surface area contributed by atoms with Gasteiger partial charge in [-0.05, 0) is 19.4 Å². The summed E-state index contributed by atoms with van der Waals surface area (Å²) in [6.07, 6.45) is 5.61. The topological polar surface area (TPSA) is 24.9 Å². The molecule has 1 rings (SSSR count). The molecule has 13 heavy (non-hydrogen) atoms. The van der Waals surface area contributed by atoms with Crippen LogP contribution < -0.4 is 5.32 Å². The number of thiazole rings is 1. The van der Waals surface area contributed by atoms with Crippen LogP contribution in [0.15, 0.2) is 11.7 Å². The Kier molecular flexibility index (Phi) is 5.01. The quantitative estimate of drug-likeness (QED) is 0.759. The number of nitrogens with zero attached hydrogens (tertiary/aromatic N) is 1. The van der Waals surface area contributed by atoms with E-state index in [1.165, 1.54) is 17.7 Å². The highest BCUT2D eigenvalue weighted by atomic mass is 32.1. The smallest absolute Gasteiger partial charge is 0.0794 e. The van der Waals surface area contributed by atoms with Gasteiger partial charge in [-0.25, -0.2) is 0 Å². The van der Waals surface area contributed by atoms with Crippen LogP contribution in [0.25, 0.3) is 0 Å². The van der Waals surface area contributed by atoms with Crippen LogP contribution in [0, 0.1) is 0 Å². The van der Waals surface area contributed by atoms with Crippen molar-refractivity contribution in [1.29, 1.82) is 0 Å². The third kappa shape index (κ3) is 3.87. The van der Waals surface area contributed by atoms with Crippen LogP contribution in [0.1, 0.15) is 31.6 Å². The molecule has 0 radical (unpaired) electrons. The van der Waals surface area contributed by atoms with Crippen molar-refractivity contribution in [3.8, 4) is 0 Å². The van der Waals surface area contributed by atoms with Gasteiger partial charge in [0.25, 0.3) is 0 Å². The summed E-state index contributed by atoms with van der Waals surface area (Å²) < 4.78 is 0. The molecule has 0 amide bonds. The lowest BCUT2D eigenvalue weighted by atomic mass is 10.1. The second-order valence-corrected chi connectivity index (χ2v) is 4.19. The second-order valence-electron chi connectivity index (χ2n) is 3.22. The van der Waals surface area contributed by atoms with Gasteiger partial charge in [0.1, 0.15) is 0 Å². The molecule has 0 bridgehead atoms. The van der Waals surface area contributed by atoms with Crippen LogP contribution in [-0.4, -0.2) is 17.6 Å². The lowest BCUT2D eigenvalue weighted by Gasteiger charge is -2.15. The first kappa shape index (κ1) is 10.7. The molecule has 0 aliphatic carbocycles. The minimum atomic E-state index is 0.635. The van der Waals surface area contributed by atoms with E-state index in [4.69, 9.17) is 0 Å². The van der Waals surface area contributed by atoms with Crippen molar-refractivity contribution in [3.63, 3.8) is 0 Å². The molecule has 0 spiro atoms. The maximum Gasteiger partial charge on any atom is 0.0794 e. The molecule has 1 unspecified atom stereocenters. The molecular weight excluding hydrogens is 180 g/mol. The average Bonchev–Trinajstić information content (AvgIpc) is 2.58. The van der Waals surface area contributed by atoms with Gasteiger partial charge in [-0.1, -0.05) is 20.3 Å². The van der Waals surface area contributed by atoms with E-state index in [0.29, 0.717) is 6.04 Å². The van der Waals surface area contributed by atoms with Crippen LogP contribution in [0.3, 0.4) is 0 Å². The van der Waals surface area contributed by atoms with E-state index >= 15 is 0 Å². The van der Waals surface area contributed by atoms with Crippen molar-refractivity contribution in [2.75, 3.05) is 6.54 Å². The van der Waals surface area contributed by atoms with Crippen molar-refractivity contribution < 1.29 is 0 Å². The van der Waals surface area contributed by atoms with Crippen molar-refractivity contribution in [2.45, 2.75) is 39.2 Å². The fraction of sp³-hybridized carbons (Fsp3) is 0.700. The molecule has 1 aromatic rings. The Morgan fingerprint density at radius 1 is 1.54 bits per heavy atom. The monoisotopic (exact) mass is 198 g/mol. The highest BCUT2D eigenvalue weighted by Crippen LogP contribution is 2.11. The highest BCUT2D eigenvalue weighted by Gasteiger charge is 2.07. The van der Waals surface area contributed by atoms with Crippen molar-refractivity contribution in [2.24, 2.45) is 0 Å². The van der Waals surface area contributed by atoms with Crippen LogP contribution in [0.5, 0.6) is 0 Å². The van der Waals surface area contributed by atoms with Gasteiger partial charge < -0.3 is 5.32 Å². The Balaban J connectivity index is 2.37. The van der Waals surface area contributed by atoms with Gasteiger partial charge in [-0.15, -0.1) is 11.3 Å². The maximum absolute atomic E-state index is 4.09. The van der Waals surface area contributed by atoms with E-state index < -0.39 is 0 Å². The van der Waals surface area contributed by atoms with Gasteiger partial charge in [0, 0.05) is 17.1 Å². The van der Waals surface area contributed by atoms with Gasteiger partial charge in [0.2, 0.25) is 0 Å². The summed E-state index contributed by atoms with van der Waals surface area (Å²) in [5.41, 5.74) is 1.91. The highest BCUT2D eigenvalue weighted by molar-refractivity contribution is 7.09. The van der Waals surface area contributed by atoms with Crippen LogP contribution >= 0.6 is 11.3 Å². The molecule has 2 nitrogen and oxygen atoms in total. The maximum atomic E-state index is 4.09. The number of hydrogen-bond donors (Lipinski definition) is 1. The summed E-state index contributed by atoms with van der Waals surface area (Å²) >= 11 is 1.75. The standard InChI is InChI=1S/C10H18N2S/c1-3-5-9(12-4-2)6-10-7-11-8-13-10/h7-9,12H,3-6H2,1-2H3. The predicted molar refractivity (Wildman–Crippen MR) is 58.2 cm³/mol. The molecular formula is C10H18N2S. The van der Waals surface area contributed by atoms with E-state index in [1.807, 2.05) is 11.7 Å². The number of aromatic nitrogens is 1. The first-order valence-corrected chi connectivity index (χ1v) is 5.85. The SMILES string of the molecule is CCCC(Cc1cncs1)NCC. The molecule has 1 aromatic heterocycles. The van der Waals surface area contributed by atoms with Crippen molar-refractivity contribution in [3.05, 3.63) is 16.6 Å². The van der Waals surface area contributed by atoms with E-state index in [1.54, 1.807) is 11.3 Å². The fourth-order valence-electron chi connectivity index (χ4n) is 1.50. The van der Waals surface area contributed by atoms with Crippen LogP contribution in [-0.2, 0) is 6.42 Å². The first-order chi connectivity index (χ1) is 6.36. The zero-order valence-electron chi connectivity index (χ0n) is 8.42. The Hall–Kier alpha value is -0.410. The van der Waals surface area contributed by atoms with E-state index in [2.05, 4.69) is 24.1 Å². The zero-order chi connectivity index (χ0) is 9.52. The summed E-state index contributed by atoms with van der Waals surface area (Å²) in [6, 6.07) is 0.635. The molecule has 3 heteroatoms. The van der Waals surface area contributed by atoms with Gasteiger partial charge >= 0.3 is 0 Å².